The maximum Gasteiger partial charge on any atom is 0.225 e. The van der Waals surface area contributed by atoms with Crippen molar-refractivity contribution in [1.29, 1.82) is 5.41 Å². The van der Waals surface area contributed by atoms with Crippen molar-refractivity contribution in [1.82, 2.24) is 9.97 Å². The molecule has 5 heteroatoms. The largest absolute Gasteiger partial charge is 0.388 e. The number of aryl methyl sites for hydroxylation is 1. The Hall–Kier alpha value is -1.65. The Bertz CT molecular complexity index is 361. The molecule has 1 aromatic rings. The third kappa shape index (κ3) is 3.49. The summed E-state index contributed by atoms with van der Waals surface area (Å²) in [5.74, 6) is 0.898. The molecule has 0 aliphatic carbocycles. The van der Waals surface area contributed by atoms with Crippen molar-refractivity contribution in [3.63, 3.8) is 0 Å². The summed E-state index contributed by atoms with van der Waals surface area (Å²) in [5, 5.41) is 7.24. The van der Waals surface area contributed by atoms with E-state index in [2.05, 4.69) is 28.7 Å². The second-order valence-corrected chi connectivity index (χ2v) is 4.06. The number of amidine groups is 1. The molecule has 0 bridgehead atoms. The molecule has 0 aromatic carbocycles. The molecule has 0 aliphatic heterocycles. The number of nitrogens with one attached hydrogen (secondary N) is 1. The highest BCUT2D eigenvalue weighted by Gasteiger charge is 2.13. The number of hydrogen-bond acceptors (Lipinski definition) is 4. The maximum absolute atomic E-state index is 7.24. The van der Waals surface area contributed by atoms with Gasteiger partial charge in [-0.05, 0) is 26.8 Å². The highest BCUT2D eigenvalue weighted by Crippen LogP contribution is 2.11. The molecule has 5 nitrogen and oxygen atoms in total. The Morgan fingerprint density at radius 1 is 1.56 bits per heavy atom. The normalized spacial score (nSPS) is 10.5. The van der Waals surface area contributed by atoms with E-state index in [-0.39, 0.29) is 5.84 Å². The first-order valence-electron chi connectivity index (χ1n) is 5.40. The van der Waals surface area contributed by atoms with Crippen molar-refractivity contribution in [2.24, 2.45) is 5.73 Å². The number of nitrogens with two attached hydrogens (primary N) is 1. The molecule has 0 fully saturated rings. The Morgan fingerprint density at radius 3 is 2.75 bits per heavy atom. The van der Waals surface area contributed by atoms with Crippen LogP contribution in [0.3, 0.4) is 0 Å². The Balaban J connectivity index is 2.81. The van der Waals surface area contributed by atoms with Crippen LogP contribution < -0.4 is 10.6 Å². The molecule has 0 aliphatic rings. The lowest BCUT2D eigenvalue weighted by Crippen LogP contribution is -2.35. The molecule has 1 aromatic heterocycles. The van der Waals surface area contributed by atoms with Gasteiger partial charge >= 0.3 is 0 Å². The first kappa shape index (κ1) is 12.4. The lowest BCUT2D eigenvalue weighted by molar-refractivity contribution is 0.666. The van der Waals surface area contributed by atoms with Gasteiger partial charge in [0.25, 0.3) is 0 Å². The predicted octanol–water partition coefficient (Wildman–Crippen LogP) is 1.33. The van der Waals surface area contributed by atoms with Crippen molar-refractivity contribution in [3.05, 3.63) is 18.0 Å². The summed E-state index contributed by atoms with van der Waals surface area (Å²) >= 11 is 0. The summed E-state index contributed by atoms with van der Waals surface area (Å²) in [6.45, 7) is 6.77. The zero-order chi connectivity index (χ0) is 12.1. The molecule has 16 heavy (non-hydrogen) atoms. The summed E-state index contributed by atoms with van der Waals surface area (Å²) in [6.07, 6.45) is 2.29. The summed E-state index contributed by atoms with van der Waals surface area (Å²) in [5.41, 5.74) is 6.31. The minimum atomic E-state index is 0.193. The third-order valence-electron chi connectivity index (χ3n) is 2.28. The fourth-order valence-electron chi connectivity index (χ4n) is 1.40. The van der Waals surface area contributed by atoms with Crippen LogP contribution in [0.25, 0.3) is 0 Å². The Kier molecular flexibility index (Phi) is 4.22. The van der Waals surface area contributed by atoms with Gasteiger partial charge in [0.15, 0.2) is 0 Å². The molecular weight excluding hydrogens is 202 g/mol. The molecule has 0 saturated heterocycles. The zero-order valence-corrected chi connectivity index (χ0v) is 10.1. The number of anilines is 1. The molecule has 0 radical (unpaired) electrons. The van der Waals surface area contributed by atoms with Crippen LogP contribution in [0.1, 0.15) is 26.0 Å². The summed E-state index contributed by atoms with van der Waals surface area (Å²) in [4.78, 5) is 10.7. The second kappa shape index (κ2) is 5.44. The van der Waals surface area contributed by atoms with E-state index < -0.39 is 0 Å². The topological polar surface area (TPSA) is 78.9 Å². The van der Waals surface area contributed by atoms with Gasteiger partial charge in [-0.1, -0.05) is 0 Å². The number of nitrogens with zero attached hydrogens (tertiary/aromatic N) is 3. The van der Waals surface area contributed by atoms with Crippen molar-refractivity contribution < 1.29 is 0 Å². The first-order chi connectivity index (χ1) is 7.50. The average molecular weight is 221 g/mol. The molecule has 0 atom stereocenters. The Morgan fingerprint density at radius 2 is 2.25 bits per heavy atom. The molecule has 1 rings (SSSR count). The van der Waals surface area contributed by atoms with Gasteiger partial charge in [-0.2, -0.15) is 0 Å². The fraction of sp³-hybridized carbons (Fsp3) is 0.545. The molecule has 1 heterocycles. The van der Waals surface area contributed by atoms with Crippen LogP contribution in [0.4, 0.5) is 5.95 Å². The summed E-state index contributed by atoms with van der Waals surface area (Å²) in [7, 11) is 0. The van der Waals surface area contributed by atoms with Gasteiger partial charge in [-0.25, -0.2) is 9.97 Å². The van der Waals surface area contributed by atoms with E-state index in [1.54, 1.807) is 6.20 Å². The van der Waals surface area contributed by atoms with Gasteiger partial charge in [0.05, 0.1) is 5.84 Å². The number of hydrogen-bond donors (Lipinski definition) is 2. The van der Waals surface area contributed by atoms with Crippen LogP contribution in [0.15, 0.2) is 12.3 Å². The highest BCUT2D eigenvalue weighted by atomic mass is 15.3. The van der Waals surface area contributed by atoms with Crippen LogP contribution in [0.5, 0.6) is 0 Å². The maximum atomic E-state index is 7.24. The number of rotatable bonds is 5. The molecule has 88 valence electrons. The third-order valence-corrected chi connectivity index (χ3v) is 2.28. The van der Waals surface area contributed by atoms with Gasteiger partial charge in [-0.3, -0.25) is 5.41 Å². The lowest BCUT2D eigenvalue weighted by Gasteiger charge is -2.26. The molecule has 0 spiro atoms. The van der Waals surface area contributed by atoms with Crippen LogP contribution in [-0.4, -0.2) is 28.4 Å². The summed E-state index contributed by atoms with van der Waals surface area (Å²) in [6, 6.07) is 2.16. The molecular formula is C11H19N5. The van der Waals surface area contributed by atoms with E-state index in [4.69, 9.17) is 11.1 Å². The van der Waals surface area contributed by atoms with E-state index in [9.17, 15) is 0 Å². The lowest BCUT2D eigenvalue weighted by atomic mass is 10.3. The van der Waals surface area contributed by atoms with Crippen LogP contribution in [-0.2, 0) is 0 Å². The van der Waals surface area contributed by atoms with E-state index in [1.165, 1.54) is 0 Å². The molecule has 3 N–H and O–H groups in total. The van der Waals surface area contributed by atoms with Crippen LogP contribution >= 0.6 is 0 Å². The highest BCUT2D eigenvalue weighted by molar-refractivity contribution is 5.77. The standard InChI is InChI=1S/C11H19N5/c1-8(2)16(7-5-10(12)13)11-14-6-4-9(3)15-11/h4,6,8H,5,7H2,1-3H3,(H3,12,13). The quantitative estimate of drug-likeness (QED) is 0.580. The fourth-order valence-corrected chi connectivity index (χ4v) is 1.40. The average Bonchev–Trinajstić information content (AvgIpc) is 2.17. The minimum absolute atomic E-state index is 0.193. The SMILES string of the molecule is Cc1ccnc(N(CCC(=N)N)C(C)C)n1. The predicted molar refractivity (Wildman–Crippen MR) is 65.8 cm³/mol. The first-order valence-corrected chi connectivity index (χ1v) is 5.40. The van der Waals surface area contributed by atoms with Crippen molar-refractivity contribution >= 4 is 11.8 Å². The van der Waals surface area contributed by atoms with E-state index in [0.29, 0.717) is 25.0 Å². The van der Waals surface area contributed by atoms with E-state index >= 15 is 0 Å². The van der Waals surface area contributed by atoms with Gasteiger partial charge in [0.1, 0.15) is 0 Å². The molecule has 0 saturated carbocycles. The monoisotopic (exact) mass is 221 g/mol. The van der Waals surface area contributed by atoms with E-state index in [0.717, 1.165) is 5.69 Å². The van der Waals surface area contributed by atoms with Gasteiger partial charge in [0.2, 0.25) is 5.95 Å². The smallest absolute Gasteiger partial charge is 0.225 e. The zero-order valence-electron chi connectivity index (χ0n) is 10.1. The van der Waals surface area contributed by atoms with Crippen molar-refractivity contribution in [3.8, 4) is 0 Å². The van der Waals surface area contributed by atoms with E-state index in [1.807, 2.05) is 13.0 Å². The van der Waals surface area contributed by atoms with Gasteiger partial charge in [0, 0.05) is 30.9 Å². The second-order valence-electron chi connectivity index (χ2n) is 4.06. The van der Waals surface area contributed by atoms with Gasteiger partial charge < -0.3 is 10.6 Å². The van der Waals surface area contributed by atoms with Crippen LogP contribution in [0.2, 0.25) is 0 Å². The van der Waals surface area contributed by atoms with Crippen molar-refractivity contribution in [2.45, 2.75) is 33.2 Å². The Labute approximate surface area is 96.2 Å². The number of aromatic nitrogens is 2. The summed E-state index contributed by atoms with van der Waals surface area (Å²) < 4.78 is 0. The van der Waals surface area contributed by atoms with Gasteiger partial charge in [-0.15, -0.1) is 0 Å². The molecule has 0 unspecified atom stereocenters. The van der Waals surface area contributed by atoms with Crippen molar-refractivity contribution in [2.75, 3.05) is 11.4 Å². The van der Waals surface area contributed by atoms with Crippen LogP contribution in [0, 0.1) is 12.3 Å². The molecule has 0 amide bonds. The minimum Gasteiger partial charge on any atom is -0.388 e.